The van der Waals surface area contributed by atoms with Crippen molar-refractivity contribution in [2.24, 2.45) is 0 Å². The summed E-state index contributed by atoms with van der Waals surface area (Å²) in [5.74, 6) is 0.872. The van der Waals surface area contributed by atoms with Crippen molar-refractivity contribution < 1.29 is 13.9 Å². The molecule has 0 aliphatic carbocycles. The molecular weight excluding hydrogens is 302 g/mol. The smallest absolute Gasteiger partial charge is 0.236 e. The van der Waals surface area contributed by atoms with Crippen molar-refractivity contribution in [3.05, 3.63) is 47.9 Å². The van der Waals surface area contributed by atoms with Crippen LogP contribution < -0.4 is 10.1 Å². The number of methoxy groups -OCH3 is 1. The van der Waals surface area contributed by atoms with E-state index in [1.54, 1.807) is 12.3 Å². The Morgan fingerprint density at radius 1 is 1.45 bits per heavy atom. The van der Waals surface area contributed by atoms with Gasteiger partial charge in [0.05, 0.1) is 30.3 Å². The predicted molar refractivity (Wildman–Crippen MR) is 82.9 cm³/mol. The molecule has 0 aliphatic rings. The molecule has 0 bridgehead atoms. The first-order valence-corrected chi connectivity index (χ1v) is 7.40. The van der Waals surface area contributed by atoms with E-state index in [2.05, 4.69) is 15.3 Å². The minimum atomic E-state index is -0.211. The molecule has 22 heavy (non-hydrogen) atoms. The van der Waals surface area contributed by atoms with Crippen LogP contribution in [-0.4, -0.2) is 23.0 Å². The molecule has 0 spiro atoms. The number of nitrogens with one attached hydrogen (secondary N) is 1. The Labute approximate surface area is 130 Å². The summed E-state index contributed by atoms with van der Waals surface area (Å²) < 4.78 is 10.5. The van der Waals surface area contributed by atoms with E-state index < -0.39 is 0 Å². The van der Waals surface area contributed by atoms with Gasteiger partial charge in [0.25, 0.3) is 0 Å². The molecule has 0 saturated heterocycles. The zero-order valence-corrected chi connectivity index (χ0v) is 12.6. The van der Waals surface area contributed by atoms with Crippen molar-refractivity contribution in [2.75, 3.05) is 12.4 Å². The number of aromatic nitrogens is 2. The highest BCUT2D eigenvalue weighted by atomic mass is 32.1. The van der Waals surface area contributed by atoms with Crippen LogP contribution in [0.3, 0.4) is 0 Å². The summed E-state index contributed by atoms with van der Waals surface area (Å²) in [6.07, 6.45) is 4.75. The van der Waals surface area contributed by atoms with Gasteiger partial charge in [-0.3, -0.25) is 9.78 Å². The number of carbonyl (C=O) groups excluding carboxylic acids is 1. The molecule has 3 aromatic rings. The minimum absolute atomic E-state index is 0.118. The average molecular weight is 315 g/mol. The second kappa shape index (κ2) is 6.40. The largest absolute Gasteiger partial charge is 0.494 e. The summed E-state index contributed by atoms with van der Waals surface area (Å²) in [5.41, 5.74) is 1.10. The van der Waals surface area contributed by atoms with E-state index in [9.17, 15) is 4.79 Å². The lowest BCUT2D eigenvalue weighted by Crippen LogP contribution is -2.15. The Morgan fingerprint density at radius 2 is 2.36 bits per heavy atom. The monoisotopic (exact) mass is 315 g/mol. The van der Waals surface area contributed by atoms with Crippen molar-refractivity contribution in [2.45, 2.75) is 6.42 Å². The molecule has 1 N–H and O–H groups in total. The van der Waals surface area contributed by atoms with Crippen LogP contribution in [0.4, 0.5) is 5.69 Å². The van der Waals surface area contributed by atoms with Gasteiger partial charge in [-0.2, -0.15) is 0 Å². The van der Waals surface area contributed by atoms with Crippen molar-refractivity contribution in [3.8, 4) is 16.5 Å². The third-order valence-corrected chi connectivity index (χ3v) is 3.76. The molecule has 0 radical (unpaired) electrons. The molecule has 0 aliphatic heterocycles. The maximum absolute atomic E-state index is 12.1. The van der Waals surface area contributed by atoms with Crippen molar-refractivity contribution >= 4 is 22.9 Å². The number of carbonyl (C=O) groups is 1. The third-order valence-electron chi connectivity index (χ3n) is 2.90. The van der Waals surface area contributed by atoms with E-state index in [-0.39, 0.29) is 12.3 Å². The van der Waals surface area contributed by atoms with Gasteiger partial charge in [-0.1, -0.05) is 6.07 Å². The highest BCUT2D eigenvalue weighted by Crippen LogP contribution is 2.24. The molecular formula is C15H13N3O3S. The number of rotatable bonds is 5. The molecule has 0 atom stereocenters. The van der Waals surface area contributed by atoms with Crippen molar-refractivity contribution in [1.29, 1.82) is 0 Å². The SMILES string of the molecule is COc1ccncc1NC(=O)Cc1coc(-c2cccs2)n1. The number of anilines is 1. The predicted octanol–water partition coefficient (Wildman–Crippen LogP) is 2.99. The van der Waals surface area contributed by atoms with E-state index in [0.717, 1.165) is 4.88 Å². The van der Waals surface area contributed by atoms with Crippen LogP contribution in [0.5, 0.6) is 5.75 Å². The van der Waals surface area contributed by atoms with E-state index in [0.29, 0.717) is 23.0 Å². The van der Waals surface area contributed by atoms with Gasteiger partial charge < -0.3 is 14.5 Å². The van der Waals surface area contributed by atoms with Crippen LogP contribution in [-0.2, 0) is 11.2 Å². The van der Waals surface area contributed by atoms with Gasteiger partial charge >= 0.3 is 0 Å². The standard InChI is InChI=1S/C15H13N3O3S/c1-20-12-4-5-16-8-11(12)18-14(19)7-10-9-21-15(17-10)13-3-2-6-22-13/h2-6,8-9H,7H2,1H3,(H,18,19). The van der Waals surface area contributed by atoms with E-state index in [1.807, 2.05) is 17.5 Å². The molecule has 1 amide bonds. The summed E-state index contributed by atoms with van der Waals surface area (Å²) in [5, 5.41) is 4.69. The number of amides is 1. The maximum atomic E-state index is 12.1. The molecule has 3 aromatic heterocycles. The normalized spacial score (nSPS) is 10.4. The Balaban J connectivity index is 1.67. The molecule has 0 fully saturated rings. The van der Waals surface area contributed by atoms with Gasteiger partial charge in [0.1, 0.15) is 17.7 Å². The summed E-state index contributed by atoms with van der Waals surface area (Å²) >= 11 is 1.53. The summed E-state index contributed by atoms with van der Waals surface area (Å²) in [7, 11) is 1.54. The fourth-order valence-corrected chi connectivity index (χ4v) is 2.57. The number of thiophene rings is 1. The lowest BCUT2D eigenvalue weighted by Gasteiger charge is -2.08. The van der Waals surface area contributed by atoms with Gasteiger partial charge in [-0.25, -0.2) is 4.98 Å². The molecule has 0 unspecified atom stereocenters. The first-order valence-electron chi connectivity index (χ1n) is 6.52. The Kier molecular flexibility index (Phi) is 4.15. The number of hydrogen-bond acceptors (Lipinski definition) is 6. The number of oxazole rings is 1. The number of hydrogen-bond donors (Lipinski definition) is 1. The highest BCUT2D eigenvalue weighted by molar-refractivity contribution is 7.13. The summed E-state index contributed by atoms with van der Waals surface area (Å²) in [4.78, 5) is 21.3. The van der Waals surface area contributed by atoms with E-state index in [4.69, 9.17) is 9.15 Å². The lowest BCUT2D eigenvalue weighted by atomic mass is 10.3. The van der Waals surface area contributed by atoms with E-state index >= 15 is 0 Å². The fraction of sp³-hybridized carbons (Fsp3) is 0.133. The zero-order valence-electron chi connectivity index (χ0n) is 11.8. The fourth-order valence-electron chi connectivity index (χ4n) is 1.91. The van der Waals surface area contributed by atoms with Crippen LogP contribution in [0.1, 0.15) is 5.69 Å². The highest BCUT2D eigenvalue weighted by Gasteiger charge is 2.12. The second-order valence-electron chi connectivity index (χ2n) is 4.42. The lowest BCUT2D eigenvalue weighted by molar-refractivity contribution is -0.115. The van der Waals surface area contributed by atoms with E-state index in [1.165, 1.54) is 30.9 Å². The molecule has 6 nitrogen and oxygen atoms in total. The van der Waals surface area contributed by atoms with Crippen LogP contribution in [0.15, 0.2) is 46.7 Å². The summed E-state index contributed by atoms with van der Waals surface area (Å²) in [6.45, 7) is 0. The minimum Gasteiger partial charge on any atom is -0.494 e. The molecule has 0 saturated carbocycles. The molecule has 3 heterocycles. The van der Waals surface area contributed by atoms with Crippen molar-refractivity contribution in [1.82, 2.24) is 9.97 Å². The van der Waals surface area contributed by atoms with Gasteiger partial charge in [0.15, 0.2) is 0 Å². The quantitative estimate of drug-likeness (QED) is 0.783. The van der Waals surface area contributed by atoms with Crippen LogP contribution in [0.2, 0.25) is 0 Å². The van der Waals surface area contributed by atoms with Gasteiger partial charge in [0, 0.05) is 12.3 Å². The van der Waals surface area contributed by atoms with Crippen LogP contribution in [0.25, 0.3) is 10.8 Å². The zero-order chi connectivity index (χ0) is 15.4. The second-order valence-corrected chi connectivity index (χ2v) is 5.37. The Hall–Kier alpha value is -2.67. The van der Waals surface area contributed by atoms with Gasteiger partial charge in [0.2, 0.25) is 11.8 Å². The van der Waals surface area contributed by atoms with Crippen molar-refractivity contribution in [3.63, 3.8) is 0 Å². The van der Waals surface area contributed by atoms with Gasteiger partial charge in [-0.15, -0.1) is 11.3 Å². The molecule has 0 aromatic carbocycles. The number of ether oxygens (including phenoxy) is 1. The first-order chi connectivity index (χ1) is 10.8. The summed E-state index contributed by atoms with van der Waals surface area (Å²) in [6, 6.07) is 5.52. The third kappa shape index (κ3) is 3.15. The Bertz CT molecular complexity index is 768. The number of pyridine rings is 1. The molecule has 112 valence electrons. The van der Waals surface area contributed by atoms with Crippen LogP contribution in [0, 0.1) is 0 Å². The maximum Gasteiger partial charge on any atom is 0.236 e. The topological polar surface area (TPSA) is 77.2 Å². The molecule has 3 rings (SSSR count). The molecule has 7 heteroatoms. The van der Waals surface area contributed by atoms with Crippen LogP contribution >= 0.6 is 11.3 Å². The van der Waals surface area contributed by atoms with Gasteiger partial charge in [-0.05, 0) is 11.4 Å². The Morgan fingerprint density at radius 3 is 3.14 bits per heavy atom. The average Bonchev–Trinajstić information content (AvgIpc) is 3.18. The number of nitrogens with zero attached hydrogens (tertiary/aromatic N) is 2. The first kappa shape index (κ1) is 14.3.